The number of para-hydroxylation sites is 1. The number of nitrogens with zero attached hydrogens (tertiary/aromatic N) is 2. The van der Waals surface area contributed by atoms with Gasteiger partial charge in [0.2, 0.25) is 11.8 Å². The van der Waals surface area contributed by atoms with Gasteiger partial charge in [0, 0.05) is 18.3 Å². The summed E-state index contributed by atoms with van der Waals surface area (Å²) < 4.78 is 27.2. The third kappa shape index (κ3) is 5.11. The lowest BCUT2D eigenvalue weighted by Crippen LogP contribution is -2.43. The molecule has 0 saturated heterocycles. The summed E-state index contributed by atoms with van der Waals surface area (Å²) in [4.78, 5) is 31.5. The Hall–Kier alpha value is -3.20. The Labute approximate surface area is 182 Å². The van der Waals surface area contributed by atoms with Crippen LogP contribution in [0.2, 0.25) is 0 Å². The van der Waals surface area contributed by atoms with E-state index in [9.17, 15) is 18.0 Å². The van der Waals surface area contributed by atoms with Gasteiger partial charge in [-0.25, -0.2) is 8.42 Å². The molecule has 164 valence electrons. The highest BCUT2D eigenvalue weighted by atomic mass is 32.2. The number of amidine groups is 1. The van der Waals surface area contributed by atoms with Crippen LogP contribution in [0.15, 0.2) is 64.5 Å². The van der Waals surface area contributed by atoms with Crippen LogP contribution < -0.4 is 10.0 Å². The summed E-state index contributed by atoms with van der Waals surface area (Å²) in [6, 6.07) is 14.7. The molecule has 0 aliphatic carbocycles. The highest BCUT2D eigenvalue weighted by Gasteiger charge is 2.34. The SMILES string of the molecule is CC[C@H](C)[C@H](N=C1NS(=O)(=O)c2ccccc21)C(=O)N(C)CC(=O)Nc1ccccc1. The van der Waals surface area contributed by atoms with Gasteiger partial charge in [0.1, 0.15) is 11.9 Å². The number of rotatable bonds is 7. The fourth-order valence-corrected chi connectivity index (χ4v) is 4.50. The number of hydrogen-bond donors (Lipinski definition) is 2. The van der Waals surface area contributed by atoms with E-state index in [1.807, 2.05) is 19.9 Å². The second-order valence-corrected chi connectivity index (χ2v) is 9.17. The second kappa shape index (κ2) is 9.30. The zero-order valence-electron chi connectivity index (χ0n) is 17.7. The fourth-order valence-electron chi connectivity index (χ4n) is 3.26. The number of carbonyl (C=O) groups is 2. The number of fused-ring (bicyclic) bond motifs is 1. The Bertz CT molecular complexity index is 1100. The molecular formula is C22H26N4O4S. The summed E-state index contributed by atoms with van der Waals surface area (Å²) in [5.41, 5.74) is 1.08. The molecule has 9 heteroatoms. The Morgan fingerprint density at radius 1 is 1.10 bits per heavy atom. The van der Waals surface area contributed by atoms with Crippen molar-refractivity contribution in [2.75, 3.05) is 18.9 Å². The molecule has 2 aromatic carbocycles. The van der Waals surface area contributed by atoms with E-state index in [-0.39, 0.29) is 35.0 Å². The molecule has 2 atom stereocenters. The minimum Gasteiger partial charge on any atom is -0.335 e. The number of hydrogen-bond acceptors (Lipinski definition) is 5. The van der Waals surface area contributed by atoms with E-state index < -0.39 is 16.1 Å². The van der Waals surface area contributed by atoms with Gasteiger partial charge < -0.3 is 10.2 Å². The van der Waals surface area contributed by atoms with Gasteiger partial charge in [-0.15, -0.1) is 0 Å². The maximum Gasteiger partial charge on any atom is 0.263 e. The molecule has 0 radical (unpaired) electrons. The smallest absolute Gasteiger partial charge is 0.263 e. The minimum atomic E-state index is -3.70. The Kier molecular flexibility index (Phi) is 6.74. The second-order valence-electron chi connectivity index (χ2n) is 7.52. The molecule has 31 heavy (non-hydrogen) atoms. The first-order valence-electron chi connectivity index (χ1n) is 10.0. The average molecular weight is 443 g/mol. The van der Waals surface area contributed by atoms with Crippen LogP contribution in [0.3, 0.4) is 0 Å². The summed E-state index contributed by atoms with van der Waals surface area (Å²) in [5.74, 6) is -0.688. The van der Waals surface area contributed by atoms with Crippen LogP contribution in [0.4, 0.5) is 5.69 Å². The number of sulfonamides is 1. The summed E-state index contributed by atoms with van der Waals surface area (Å²) in [6.07, 6.45) is 0.658. The molecule has 1 heterocycles. The molecule has 2 amide bonds. The van der Waals surface area contributed by atoms with Crippen molar-refractivity contribution in [3.8, 4) is 0 Å². The zero-order valence-corrected chi connectivity index (χ0v) is 18.5. The van der Waals surface area contributed by atoms with Crippen LogP contribution >= 0.6 is 0 Å². The Morgan fingerprint density at radius 3 is 2.42 bits per heavy atom. The van der Waals surface area contributed by atoms with Crippen LogP contribution in [-0.2, 0) is 19.6 Å². The molecule has 8 nitrogen and oxygen atoms in total. The summed E-state index contributed by atoms with van der Waals surface area (Å²) in [7, 11) is -2.17. The lowest BCUT2D eigenvalue weighted by atomic mass is 9.98. The van der Waals surface area contributed by atoms with Crippen molar-refractivity contribution in [1.82, 2.24) is 9.62 Å². The van der Waals surface area contributed by atoms with Crippen LogP contribution in [0.1, 0.15) is 25.8 Å². The standard InChI is InChI=1S/C22H26N4O4S/c1-4-15(2)20(24-21-17-12-8-9-13-18(17)31(29,30)25-21)22(28)26(3)14-19(27)23-16-10-6-5-7-11-16/h5-13,15,20H,4,14H2,1-3H3,(H,23,27)(H,24,25)/t15-,20-/m0/s1. The predicted molar refractivity (Wildman–Crippen MR) is 119 cm³/mol. The van der Waals surface area contributed by atoms with E-state index >= 15 is 0 Å². The Balaban J connectivity index is 1.80. The number of anilines is 1. The number of benzene rings is 2. The summed E-state index contributed by atoms with van der Waals surface area (Å²) in [6.45, 7) is 3.66. The van der Waals surface area contributed by atoms with Gasteiger partial charge in [0.15, 0.2) is 0 Å². The first kappa shape index (κ1) is 22.5. The molecule has 2 N–H and O–H groups in total. The van der Waals surface area contributed by atoms with Crippen LogP contribution in [0, 0.1) is 5.92 Å². The molecular weight excluding hydrogens is 416 g/mol. The molecule has 0 bridgehead atoms. The summed E-state index contributed by atoms with van der Waals surface area (Å²) in [5, 5.41) is 2.75. The normalized spacial score (nSPS) is 17.3. The van der Waals surface area contributed by atoms with Gasteiger partial charge in [0.25, 0.3) is 10.0 Å². The van der Waals surface area contributed by atoms with E-state index in [0.717, 1.165) is 0 Å². The highest BCUT2D eigenvalue weighted by molar-refractivity contribution is 7.90. The number of nitrogens with one attached hydrogen (secondary N) is 2. The van der Waals surface area contributed by atoms with Crippen LogP contribution in [0.25, 0.3) is 0 Å². The molecule has 0 spiro atoms. The number of amides is 2. The topological polar surface area (TPSA) is 108 Å². The highest BCUT2D eigenvalue weighted by Crippen LogP contribution is 2.24. The number of aliphatic imine (C=N–C) groups is 1. The van der Waals surface area contributed by atoms with E-state index in [0.29, 0.717) is 17.7 Å². The quantitative estimate of drug-likeness (QED) is 0.685. The third-order valence-corrected chi connectivity index (χ3v) is 6.58. The van der Waals surface area contributed by atoms with E-state index in [1.54, 1.807) is 42.5 Å². The molecule has 0 fully saturated rings. The van der Waals surface area contributed by atoms with Gasteiger partial charge in [-0.05, 0) is 30.2 Å². The maximum atomic E-state index is 13.2. The van der Waals surface area contributed by atoms with Crippen LogP contribution in [-0.4, -0.2) is 50.6 Å². The first-order valence-corrected chi connectivity index (χ1v) is 11.5. The van der Waals surface area contributed by atoms with Crippen molar-refractivity contribution in [2.45, 2.75) is 31.2 Å². The van der Waals surface area contributed by atoms with Gasteiger partial charge in [0.05, 0.1) is 11.4 Å². The fraction of sp³-hybridized carbons (Fsp3) is 0.318. The van der Waals surface area contributed by atoms with Crippen molar-refractivity contribution >= 4 is 33.4 Å². The lowest BCUT2D eigenvalue weighted by molar-refractivity contribution is -0.135. The summed E-state index contributed by atoms with van der Waals surface area (Å²) >= 11 is 0. The van der Waals surface area contributed by atoms with Crippen molar-refractivity contribution in [3.05, 3.63) is 60.2 Å². The van der Waals surface area contributed by atoms with Crippen molar-refractivity contribution < 1.29 is 18.0 Å². The molecule has 0 aromatic heterocycles. The van der Waals surface area contributed by atoms with E-state index in [1.165, 1.54) is 18.0 Å². The molecule has 0 saturated carbocycles. The van der Waals surface area contributed by atoms with Crippen molar-refractivity contribution in [2.24, 2.45) is 10.9 Å². The molecule has 0 unspecified atom stereocenters. The third-order valence-electron chi connectivity index (χ3n) is 5.18. The maximum absolute atomic E-state index is 13.2. The Morgan fingerprint density at radius 2 is 1.74 bits per heavy atom. The van der Waals surface area contributed by atoms with Gasteiger partial charge in [-0.2, -0.15) is 0 Å². The monoisotopic (exact) mass is 442 g/mol. The van der Waals surface area contributed by atoms with E-state index in [2.05, 4.69) is 15.0 Å². The molecule has 1 aliphatic rings. The number of likely N-dealkylation sites (N-methyl/N-ethyl adjacent to an activating group) is 1. The van der Waals surface area contributed by atoms with E-state index in [4.69, 9.17) is 0 Å². The average Bonchev–Trinajstić information content (AvgIpc) is 3.01. The molecule has 1 aliphatic heterocycles. The van der Waals surface area contributed by atoms with Crippen LogP contribution in [0.5, 0.6) is 0 Å². The molecule has 3 rings (SSSR count). The molecule has 2 aromatic rings. The predicted octanol–water partition coefficient (Wildman–Crippen LogP) is 2.24. The van der Waals surface area contributed by atoms with Gasteiger partial charge in [-0.1, -0.05) is 50.6 Å². The van der Waals surface area contributed by atoms with Gasteiger partial charge >= 0.3 is 0 Å². The van der Waals surface area contributed by atoms with Crippen molar-refractivity contribution in [1.29, 1.82) is 0 Å². The largest absolute Gasteiger partial charge is 0.335 e. The van der Waals surface area contributed by atoms with Crippen molar-refractivity contribution in [3.63, 3.8) is 0 Å². The number of carbonyl (C=O) groups excluding carboxylic acids is 2. The first-order chi connectivity index (χ1) is 14.7. The minimum absolute atomic E-state index is 0.139. The zero-order chi connectivity index (χ0) is 22.6. The van der Waals surface area contributed by atoms with Gasteiger partial charge in [-0.3, -0.25) is 19.3 Å². The lowest BCUT2D eigenvalue weighted by Gasteiger charge is -2.25.